The van der Waals surface area contributed by atoms with Gasteiger partial charge in [0.1, 0.15) is 18.1 Å². The van der Waals surface area contributed by atoms with Crippen LogP contribution in [0.2, 0.25) is 0 Å². The van der Waals surface area contributed by atoms with Gasteiger partial charge in [0.2, 0.25) is 0 Å². The predicted molar refractivity (Wildman–Crippen MR) is 140 cm³/mol. The average Bonchev–Trinajstić information content (AvgIpc) is 2.87. The molecule has 0 spiro atoms. The van der Waals surface area contributed by atoms with Crippen LogP contribution in [0.5, 0.6) is 11.5 Å². The zero-order chi connectivity index (χ0) is 25.7. The van der Waals surface area contributed by atoms with E-state index in [4.69, 9.17) is 9.47 Å². The minimum Gasteiger partial charge on any atom is -0.492 e. The molecule has 0 saturated heterocycles. The van der Waals surface area contributed by atoms with Gasteiger partial charge in [-0.25, -0.2) is 8.42 Å². The van der Waals surface area contributed by atoms with Crippen molar-refractivity contribution >= 4 is 21.6 Å². The number of amides is 1. The summed E-state index contributed by atoms with van der Waals surface area (Å²) < 4.78 is 40.0. The highest BCUT2D eigenvalue weighted by Gasteiger charge is 2.37. The van der Waals surface area contributed by atoms with Crippen molar-refractivity contribution < 1.29 is 22.7 Å². The van der Waals surface area contributed by atoms with E-state index in [-0.39, 0.29) is 24.6 Å². The maximum Gasteiger partial charge on any atom is 0.264 e. The predicted octanol–water partition coefficient (Wildman–Crippen LogP) is 4.41. The summed E-state index contributed by atoms with van der Waals surface area (Å²) in [6, 6.07) is 19.9. The second-order valence-corrected chi connectivity index (χ2v) is 10.8. The van der Waals surface area contributed by atoms with Gasteiger partial charge in [0.25, 0.3) is 15.9 Å². The molecule has 0 radical (unpaired) electrons. The molecule has 1 aliphatic rings. The van der Waals surface area contributed by atoms with E-state index in [1.165, 1.54) is 9.87 Å². The van der Waals surface area contributed by atoms with E-state index >= 15 is 0 Å². The number of sulfonamides is 1. The standard InChI is InChI=1S/C28H32N2O5S/c1-4-5-22-9-11-23(12-10-22)34-17-16-29-28(31)27-19-30(25-18-21(3)8-15-26(25)35-27)36(32,33)24-13-6-20(2)7-14-24/h6-15,18,27H,4-5,16-17,19H2,1-3H3,(H,29,31)/t27-/m1/s1. The van der Waals surface area contributed by atoms with E-state index in [9.17, 15) is 13.2 Å². The Morgan fingerprint density at radius 1 is 1.03 bits per heavy atom. The molecule has 0 fully saturated rings. The molecule has 190 valence electrons. The molecular weight excluding hydrogens is 476 g/mol. The molecule has 0 unspecified atom stereocenters. The monoisotopic (exact) mass is 508 g/mol. The van der Waals surface area contributed by atoms with E-state index in [1.54, 1.807) is 36.4 Å². The van der Waals surface area contributed by atoms with Crippen molar-refractivity contribution in [3.05, 3.63) is 83.4 Å². The molecule has 36 heavy (non-hydrogen) atoms. The highest BCUT2D eigenvalue weighted by Crippen LogP contribution is 2.37. The summed E-state index contributed by atoms with van der Waals surface area (Å²) in [7, 11) is -3.90. The number of carbonyl (C=O) groups is 1. The Labute approximate surface area is 213 Å². The average molecular weight is 509 g/mol. The quantitative estimate of drug-likeness (QED) is 0.433. The highest BCUT2D eigenvalue weighted by molar-refractivity contribution is 7.92. The number of nitrogens with zero attached hydrogens (tertiary/aromatic N) is 1. The van der Waals surface area contributed by atoms with Crippen LogP contribution in [0.25, 0.3) is 0 Å². The zero-order valence-corrected chi connectivity index (χ0v) is 21.7. The van der Waals surface area contributed by atoms with Gasteiger partial charge in [-0.3, -0.25) is 9.10 Å². The second-order valence-electron chi connectivity index (χ2n) is 8.96. The van der Waals surface area contributed by atoms with Gasteiger partial charge in [-0.15, -0.1) is 0 Å². The first-order chi connectivity index (χ1) is 17.3. The van der Waals surface area contributed by atoms with Crippen molar-refractivity contribution in [3.63, 3.8) is 0 Å². The Hall–Kier alpha value is -3.52. The van der Waals surface area contributed by atoms with E-state index in [2.05, 4.69) is 12.2 Å². The van der Waals surface area contributed by atoms with Gasteiger partial charge < -0.3 is 14.8 Å². The summed E-state index contributed by atoms with van der Waals surface area (Å²) in [6.45, 7) is 6.34. The fraction of sp³-hybridized carbons (Fsp3) is 0.321. The van der Waals surface area contributed by atoms with Crippen LogP contribution < -0.4 is 19.1 Å². The van der Waals surface area contributed by atoms with Gasteiger partial charge in [-0.05, 0) is 67.8 Å². The first kappa shape index (κ1) is 25.6. The smallest absolute Gasteiger partial charge is 0.264 e. The summed E-state index contributed by atoms with van der Waals surface area (Å²) in [4.78, 5) is 13.1. The summed E-state index contributed by atoms with van der Waals surface area (Å²) in [6.07, 6.45) is 1.12. The fourth-order valence-electron chi connectivity index (χ4n) is 4.06. The third-order valence-electron chi connectivity index (χ3n) is 6.02. The van der Waals surface area contributed by atoms with Gasteiger partial charge in [-0.1, -0.05) is 49.2 Å². The minimum atomic E-state index is -3.90. The molecule has 1 amide bonds. The Kier molecular flexibility index (Phi) is 7.84. The van der Waals surface area contributed by atoms with E-state index < -0.39 is 22.0 Å². The summed E-state index contributed by atoms with van der Waals surface area (Å²) in [5, 5.41) is 2.81. The van der Waals surface area contributed by atoms with Crippen molar-refractivity contribution in [1.82, 2.24) is 5.32 Å². The molecule has 7 nitrogen and oxygen atoms in total. The molecular formula is C28H32N2O5S. The molecule has 1 N–H and O–H groups in total. The molecule has 1 aliphatic heterocycles. The molecule has 1 heterocycles. The molecule has 0 aliphatic carbocycles. The third kappa shape index (κ3) is 5.82. The summed E-state index contributed by atoms with van der Waals surface area (Å²) in [5.74, 6) is 0.691. The van der Waals surface area contributed by atoms with Gasteiger partial charge in [0.15, 0.2) is 6.10 Å². The molecule has 4 rings (SSSR count). The van der Waals surface area contributed by atoms with Crippen LogP contribution in [0, 0.1) is 13.8 Å². The Balaban J connectivity index is 1.43. The lowest BCUT2D eigenvalue weighted by Crippen LogP contribution is -2.51. The van der Waals surface area contributed by atoms with Crippen molar-refractivity contribution in [2.75, 3.05) is 24.0 Å². The summed E-state index contributed by atoms with van der Waals surface area (Å²) in [5.41, 5.74) is 3.54. The fourth-order valence-corrected chi connectivity index (χ4v) is 5.53. The lowest BCUT2D eigenvalue weighted by atomic mass is 10.1. The molecule has 8 heteroatoms. The van der Waals surface area contributed by atoms with E-state index in [0.29, 0.717) is 11.4 Å². The first-order valence-corrected chi connectivity index (χ1v) is 13.6. The van der Waals surface area contributed by atoms with Gasteiger partial charge in [-0.2, -0.15) is 0 Å². The number of fused-ring (bicyclic) bond motifs is 1. The molecule has 3 aromatic rings. The third-order valence-corrected chi connectivity index (χ3v) is 7.81. The van der Waals surface area contributed by atoms with Crippen molar-refractivity contribution in [1.29, 1.82) is 0 Å². The van der Waals surface area contributed by atoms with Crippen molar-refractivity contribution in [2.45, 2.75) is 44.6 Å². The molecule has 0 saturated carbocycles. The number of benzene rings is 3. The highest BCUT2D eigenvalue weighted by atomic mass is 32.2. The Morgan fingerprint density at radius 2 is 1.72 bits per heavy atom. The number of aryl methyl sites for hydroxylation is 3. The number of anilines is 1. The van der Waals surface area contributed by atoms with Crippen molar-refractivity contribution in [3.8, 4) is 11.5 Å². The number of ether oxygens (including phenoxy) is 2. The molecule has 0 bridgehead atoms. The van der Waals surface area contributed by atoms with Crippen molar-refractivity contribution in [2.24, 2.45) is 0 Å². The van der Waals surface area contributed by atoms with Crippen LogP contribution in [0.15, 0.2) is 71.6 Å². The molecule has 1 atom stereocenters. The normalized spacial score (nSPS) is 15.1. The number of hydrogen-bond acceptors (Lipinski definition) is 5. The van der Waals surface area contributed by atoms with Gasteiger partial charge >= 0.3 is 0 Å². The van der Waals surface area contributed by atoms with Crippen LogP contribution in [0.1, 0.15) is 30.0 Å². The zero-order valence-electron chi connectivity index (χ0n) is 20.9. The minimum absolute atomic E-state index is 0.127. The maximum absolute atomic E-state index is 13.5. The first-order valence-electron chi connectivity index (χ1n) is 12.1. The number of hydrogen-bond donors (Lipinski definition) is 1. The maximum atomic E-state index is 13.5. The largest absolute Gasteiger partial charge is 0.492 e. The topological polar surface area (TPSA) is 84.9 Å². The number of rotatable bonds is 9. The summed E-state index contributed by atoms with van der Waals surface area (Å²) >= 11 is 0. The van der Waals surface area contributed by atoms with E-state index in [1.807, 2.05) is 44.2 Å². The number of carbonyl (C=O) groups excluding carboxylic acids is 1. The number of nitrogens with one attached hydrogen (secondary N) is 1. The second kappa shape index (κ2) is 11.0. The van der Waals surface area contributed by atoms with Crippen LogP contribution in [-0.2, 0) is 21.2 Å². The van der Waals surface area contributed by atoms with Crippen LogP contribution in [0.4, 0.5) is 5.69 Å². The van der Waals surface area contributed by atoms with Crippen LogP contribution in [0.3, 0.4) is 0 Å². The lowest BCUT2D eigenvalue weighted by Gasteiger charge is -2.35. The van der Waals surface area contributed by atoms with Crippen LogP contribution in [-0.4, -0.2) is 40.1 Å². The van der Waals surface area contributed by atoms with Crippen LogP contribution >= 0.6 is 0 Å². The Morgan fingerprint density at radius 3 is 2.42 bits per heavy atom. The lowest BCUT2D eigenvalue weighted by molar-refractivity contribution is -0.127. The SMILES string of the molecule is CCCc1ccc(OCCNC(=O)[C@H]2CN(S(=O)(=O)c3ccc(C)cc3)c3cc(C)ccc3O2)cc1. The van der Waals surface area contributed by atoms with Gasteiger partial charge in [0, 0.05) is 0 Å². The van der Waals surface area contributed by atoms with E-state index in [0.717, 1.165) is 29.7 Å². The molecule has 3 aromatic carbocycles. The Bertz CT molecular complexity index is 1300. The van der Waals surface area contributed by atoms with Gasteiger partial charge in [0.05, 0.1) is 23.7 Å². The molecule has 0 aromatic heterocycles.